The fourth-order valence-electron chi connectivity index (χ4n) is 3.40. The number of alkyl halides is 3. The lowest BCUT2D eigenvalue weighted by atomic mass is 10.0. The van der Waals surface area contributed by atoms with Crippen LogP contribution < -0.4 is 14.9 Å². The first kappa shape index (κ1) is 21.1. The van der Waals surface area contributed by atoms with E-state index in [2.05, 4.69) is 5.10 Å². The van der Waals surface area contributed by atoms with Gasteiger partial charge in [0.25, 0.3) is 5.91 Å². The molecule has 0 aliphatic carbocycles. The molecule has 0 aromatic heterocycles. The van der Waals surface area contributed by atoms with E-state index < -0.39 is 33.4 Å². The van der Waals surface area contributed by atoms with E-state index in [9.17, 15) is 26.4 Å². The molecule has 2 heterocycles. The number of anilines is 1. The normalized spacial score (nSPS) is 20.1. The van der Waals surface area contributed by atoms with Crippen molar-refractivity contribution in [2.45, 2.75) is 30.5 Å². The number of halogens is 3. The summed E-state index contributed by atoms with van der Waals surface area (Å²) in [6, 6.07) is 9.39. The highest BCUT2D eigenvalue weighted by atomic mass is 32.2. The number of carbonyl (C=O) groups excluding carboxylic acids is 1. The molecule has 0 saturated heterocycles. The zero-order chi connectivity index (χ0) is 22.6. The van der Waals surface area contributed by atoms with Gasteiger partial charge in [0, 0.05) is 6.42 Å². The van der Waals surface area contributed by atoms with Gasteiger partial charge < -0.3 is 4.74 Å². The van der Waals surface area contributed by atoms with Gasteiger partial charge in [-0.1, -0.05) is 6.07 Å². The smallest absolute Gasteiger partial charge is 0.435 e. The fourth-order valence-corrected chi connectivity index (χ4v) is 3.92. The summed E-state index contributed by atoms with van der Waals surface area (Å²) < 4.78 is 69.1. The third kappa shape index (κ3) is 4.06. The zero-order valence-electron chi connectivity index (χ0n) is 16.1. The molecule has 0 spiro atoms. The number of benzene rings is 2. The average molecular weight is 451 g/mol. The molecule has 1 atom stereocenters. The Bertz CT molecular complexity index is 1240. The molecule has 7 nitrogen and oxygen atoms in total. The number of hydrazone groups is 1. The summed E-state index contributed by atoms with van der Waals surface area (Å²) in [6.07, 6.45) is -3.15. The van der Waals surface area contributed by atoms with Crippen LogP contribution in [0.2, 0.25) is 0 Å². The van der Waals surface area contributed by atoms with Crippen LogP contribution >= 0.6 is 0 Å². The Labute approximate surface area is 175 Å². The van der Waals surface area contributed by atoms with Gasteiger partial charge in [0.1, 0.15) is 11.9 Å². The molecule has 4 rings (SSSR count). The largest absolute Gasteiger partial charge is 0.490 e. The Kier molecular flexibility index (Phi) is 4.90. The maximum absolute atomic E-state index is 13.6. The molecular weight excluding hydrogens is 435 g/mol. The molecule has 0 fully saturated rings. The Hall–Kier alpha value is -3.18. The van der Waals surface area contributed by atoms with Crippen LogP contribution in [0.15, 0.2) is 58.0 Å². The second-order valence-corrected chi connectivity index (χ2v) is 8.72. The summed E-state index contributed by atoms with van der Waals surface area (Å²) in [5.41, 5.74) is -0.733. The van der Waals surface area contributed by atoms with Crippen LogP contribution in [0.1, 0.15) is 18.1 Å². The minimum atomic E-state index is -4.87. The van der Waals surface area contributed by atoms with E-state index in [0.717, 1.165) is 35.9 Å². The Morgan fingerprint density at radius 2 is 1.87 bits per heavy atom. The minimum Gasteiger partial charge on any atom is -0.490 e. The molecule has 2 aliphatic rings. The maximum Gasteiger partial charge on any atom is 0.435 e. The first-order valence-electron chi connectivity index (χ1n) is 9.08. The molecular formula is C20H16F3N3O4S. The number of hydrogen-bond donors (Lipinski definition) is 1. The lowest BCUT2D eigenvalue weighted by Gasteiger charge is -2.12. The summed E-state index contributed by atoms with van der Waals surface area (Å²) in [4.78, 5) is 12.6. The lowest BCUT2D eigenvalue weighted by Crippen LogP contribution is -2.25. The van der Waals surface area contributed by atoms with E-state index in [0.29, 0.717) is 22.7 Å². The molecule has 0 saturated carbocycles. The van der Waals surface area contributed by atoms with Crippen LogP contribution in [0.3, 0.4) is 0 Å². The van der Waals surface area contributed by atoms with Crippen molar-refractivity contribution in [1.82, 2.24) is 0 Å². The van der Waals surface area contributed by atoms with E-state index >= 15 is 0 Å². The molecule has 2 N–H and O–H groups in total. The van der Waals surface area contributed by atoms with E-state index in [4.69, 9.17) is 9.88 Å². The second-order valence-electron chi connectivity index (χ2n) is 7.16. The maximum atomic E-state index is 13.6. The molecule has 1 unspecified atom stereocenters. The van der Waals surface area contributed by atoms with Crippen molar-refractivity contribution >= 4 is 33.4 Å². The molecule has 2 aromatic rings. The number of primary sulfonamides is 1. The number of nitrogens with two attached hydrogens (primary N) is 1. The second kappa shape index (κ2) is 7.20. The van der Waals surface area contributed by atoms with Gasteiger partial charge in [0.15, 0.2) is 5.71 Å². The van der Waals surface area contributed by atoms with Crippen LogP contribution in [-0.2, 0) is 21.2 Å². The van der Waals surface area contributed by atoms with Crippen LogP contribution in [0.25, 0.3) is 6.08 Å². The third-order valence-corrected chi connectivity index (χ3v) is 5.72. The monoisotopic (exact) mass is 451 g/mol. The summed E-state index contributed by atoms with van der Waals surface area (Å²) in [7, 11) is -3.99. The van der Waals surface area contributed by atoms with Crippen LogP contribution in [0.5, 0.6) is 5.75 Å². The highest BCUT2D eigenvalue weighted by Gasteiger charge is 2.46. The lowest BCUT2D eigenvalue weighted by molar-refractivity contribution is -0.114. The summed E-state index contributed by atoms with van der Waals surface area (Å²) >= 11 is 0. The highest BCUT2D eigenvalue weighted by molar-refractivity contribution is 7.89. The third-order valence-electron chi connectivity index (χ3n) is 4.79. The van der Waals surface area contributed by atoms with Crippen molar-refractivity contribution < 1.29 is 31.1 Å². The molecule has 2 aliphatic heterocycles. The van der Waals surface area contributed by atoms with E-state index in [1.807, 2.05) is 6.92 Å². The van der Waals surface area contributed by atoms with Gasteiger partial charge in [-0.3, -0.25) is 4.79 Å². The molecule has 2 aromatic carbocycles. The average Bonchev–Trinajstić information content (AvgIpc) is 3.20. The number of sulfonamides is 1. The highest BCUT2D eigenvalue weighted by Crippen LogP contribution is 2.34. The Balaban J connectivity index is 1.72. The number of hydrogen-bond acceptors (Lipinski definition) is 5. The van der Waals surface area contributed by atoms with Crippen LogP contribution in [-0.4, -0.2) is 32.3 Å². The van der Waals surface area contributed by atoms with Crippen molar-refractivity contribution in [2.75, 3.05) is 5.01 Å². The number of amides is 1. The van der Waals surface area contributed by atoms with Gasteiger partial charge in [0.05, 0.1) is 16.2 Å². The topological polar surface area (TPSA) is 102 Å². The van der Waals surface area contributed by atoms with Gasteiger partial charge in [-0.25, -0.2) is 13.6 Å². The summed E-state index contributed by atoms with van der Waals surface area (Å²) in [6.45, 7) is 1.88. The number of rotatable bonds is 3. The molecule has 1 amide bonds. The quantitative estimate of drug-likeness (QED) is 0.725. The first-order valence-corrected chi connectivity index (χ1v) is 10.6. The number of fused-ring (bicyclic) bond motifs is 1. The van der Waals surface area contributed by atoms with Gasteiger partial charge in [-0.15, -0.1) is 0 Å². The van der Waals surface area contributed by atoms with E-state index in [1.54, 1.807) is 18.2 Å². The van der Waals surface area contributed by atoms with Gasteiger partial charge in [0.2, 0.25) is 10.0 Å². The standard InChI is InChI=1S/C20H16F3N3O4S/c1-11-8-13-9-12(2-7-17(13)30-11)10-16-18(20(21,22)23)25-26(19(16)27)14-3-5-15(6-4-14)31(24,28)29/h2-7,9-11H,8H2,1H3,(H2,24,28,29)/b16-10-. The van der Waals surface area contributed by atoms with Gasteiger partial charge in [-0.05, 0) is 60.5 Å². The predicted octanol–water partition coefficient (Wildman–Crippen LogP) is 3.01. The molecule has 11 heteroatoms. The summed E-state index contributed by atoms with van der Waals surface area (Å²) in [5, 5.41) is 9.07. The Morgan fingerprint density at radius 1 is 1.19 bits per heavy atom. The van der Waals surface area contributed by atoms with Crippen molar-refractivity contribution in [3.63, 3.8) is 0 Å². The van der Waals surface area contributed by atoms with Crippen molar-refractivity contribution in [3.8, 4) is 5.75 Å². The van der Waals surface area contributed by atoms with E-state index in [-0.39, 0.29) is 16.7 Å². The van der Waals surface area contributed by atoms with Crippen LogP contribution in [0.4, 0.5) is 18.9 Å². The van der Waals surface area contributed by atoms with Crippen molar-refractivity contribution in [1.29, 1.82) is 0 Å². The predicted molar refractivity (Wildman–Crippen MR) is 107 cm³/mol. The molecule has 0 radical (unpaired) electrons. The minimum absolute atomic E-state index is 0.0290. The first-order chi connectivity index (χ1) is 14.4. The van der Waals surface area contributed by atoms with E-state index in [1.165, 1.54) is 0 Å². The van der Waals surface area contributed by atoms with Gasteiger partial charge in [-0.2, -0.15) is 23.3 Å². The summed E-state index contributed by atoms with van der Waals surface area (Å²) in [5.74, 6) is -0.325. The molecule has 162 valence electrons. The van der Waals surface area contributed by atoms with Crippen LogP contribution in [0, 0.1) is 0 Å². The van der Waals surface area contributed by atoms with Crippen molar-refractivity contribution in [3.05, 3.63) is 59.2 Å². The van der Waals surface area contributed by atoms with Gasteiger partial charge >= 0.3 is 6.18 Å². The number of nitrogens with zero attached hydrogens (tertiary/aromatic N) is 2. The fraction of sp³-hybridized carbons (Fsp3) is 0.200. The zero-order valence-corrected chi connectivity index (χ0v) is 16.9. The number of carbonyl (C=O) groups is 1. The molecule has 0 bridgehead atoms. The molecule has 31 heavy (non-hydrogen) atoms. The number of ether oxygens (including phenoxy) is 1. The van der Waals surface area contributed by atoms with Crippen molar-refractivity contribution in [2.24, 2.45) is 10.2 Å². The SMILES string of the molecule is CC1Cc2cc(/C=C3\C(=O)N(c4ccc(S(N)(=O)=O)cc4)N=C3C(F)(F)F)ccc2O1. The Morgan fingerprint density at radius 3 is 2.48 bits per heavy atom.